The fraction of sp³-hybridized carbons (Fsp3) is 0.282. The van der Waals surface area contributed by atoms with Crippen LogP contribution in [0, 0.1) is 26.0 Å². The highest BCUT2D eigenvalue weighted by atomic mass is 35.5. The van der Waals surface area contributed by atoms with E-state index in [2.05, 4.69) is 20.4 Å². The lowest BCUT2D eigenvalue weighted by Gasteiger charge is -2.09. The van der Waals surface area contributed by atoms with Gasteiger partial charge in [-0.25, -0.2) is 4.79 Å². The van der Waals surface area contributed by atoms with Crippen molar-refractivity contribution in [3.63, 3.8) is 0 Å². The van der Waals surface area contributed by atoms with E-state index in [-0.39, 0.29) is 48.7 Å². The smallest absolute Gasteiger partial charge is 0.391 e. The lowest BCUT2D eigenvalue weighted by molar-refractivity contribution is -0.387. The number of nitrogens with two attached hydrogens (primary N) is 1. The molecule has 8 N–H and O–H groups in total. The molecule has 0 bridgehead atoms. The number of aliphatic hydroxyl groups is 3. The van der Waals surface area contributed by atoms with Crippen LogP contribution in [0.2, 0.25) is 20.1 Å². The fourth-order valence-electron chi connectivity index (χ4n) is 4.70. The molecule has 1 aromatic heterocycles. The Hall–Kier alpha value is -5.58. The van der Waals surface area contributed by atoms with Gasteiger partial charge in [0.05, 0.1) is 48.9 Å². The number of hydrogen-bond acceptors (Lipinski definition) is 15. The quantitative estimate of drug-likeness (QED) is 0.0104. The van der Waals surface area contributed by atoms with Crippen molar-refractivity contribution in [1.82, 2.24) is 9.55 Å². The zero-order valence-corrected chi connectivity index (χ0v) is 37.5. The Bertz CT molecular complexity index is 2420. The molecule has 0 atom stereocenters. The van der Waals surface area contributed by atoms with Crippen LogP contribution < -0.4 is 27.5 Å². The molecule has 0 aliphatic rings. The molecule has 5 rings (SSSR count). The molecular formula is C39H43Cl5FN7O12. The summed E-state index contributed by atoms with van der Waals surface area (Å²) in [7, 11) is 0. The van der Waals surface area contributed by atoms with Crippen LogP contribution in [0.3, 0.4) is 0 Å². The number of hydrogen-bond donors (Lipinski definition) is 7. The number of esters is 1. The monoisotopic (exact) mass is 995 g/mol. The number of nitrogens with zero attached hydrogens (tertiary/aromatic N) is 3. The van der Waals surface area contributed by atoms with Crippen LogP contribution in [-0.4, -0.2) is 85.4 Å². The predicted molar refractivity (Wildman–Crippen MR) is 245 cm³/mol. The lowest BCUT2D eigenvalue weighted by Crippen LogP contribution is -2.36. The second-order valence-corrected chi connectivity index (χ2v) is 14.0. The fourth-order valence-corrected chi connectivity index (χ4v) is 5.62. The number of para-hydroxylation sites is 4. The molecule has 348 valence electrons. The highest BCUT2D eigenvalue weighted by molar-refractivity contribution is 6.80. The van der Waals surface area contributed by atoms with E-state index in [1.54, 1.807) is 43.3 Å². The molecule has 0 aliphatic heterocycles. The Morgan fingerprint density at radius 1 is 0.766 bits per heavy atom. The first-order valence-corrected chi connectivity index (χ1v) is 20.4. The third-order valence-electron chi connectivity index (χ3n) is 7.58. The Morgan fingerprint density at radius 3 is 1.73 bits per heavy atom. The van der Waals surface area contributed by atoms with Gasteiger partial charge in [0.1, 0.15) is 15.7 Å². The van der Waals surface area contributed by atoms with Gasteiger partial charge in [0, 0.05) is 39.5 Å². The Morgan fingerprint density at radius 2 is 1.25 bits per heavy atom. The van der Waals surface area contributed by atoms with Crippen molar-refractivity contribution in [2.24, 2.45) is 0 Å². The minimum absolute atomic E-state index is 0.0404. The van der Waals surface area contributed by atoms with Crippen LogP contribution in [0.15, 0.2) is 82.4 Å². The van der Waals surface area contributed by atoms with Crippen molar-refractivity contribution in [2.45, 2.75) is 32.7 Å². The van der Waals surface area contributed by atoms with E-state index in [4.69, 9.17) is 79.1 Å². The van der Waals surface area contributed by atoms with Crippen LogP contribution in [-0.2, 0) is 20.9 Å². The number of fused-ring (bicyclic) bond motifs is 1. The highest BCUT2D eigenvalue weighted by Crippen LogP contribution is 2.32. The number of aliphatic hydroxyl groups excluding tert-OH is 3. The molecule has 5 aromatic rings. The number of aromatic amines is 1. The average molecular weight is 998 g/mol. The van der Waals surface area contributed by atoms with Crippen LogP contribution in [0.5, 0.6) is 0 Å². The van der Waals surface area contributed by atoms with Crippen molar-refractivity contribution in [2.75, 3.05) is 55.9 Å². The molecule has 0 amide bonds. The number of halogens is 6. The van der Waals surface area contributed by atoms with E-state index in [0.717, 1.165) is 11.8 Å². The molecule has 19 nitrogen and oxygen atoms in total. The summed E-state index contributed by atoms with van der Waals surface area (Å²) in [6, 6.07) is 18.7. The van der Waals surface area contributed by atoms with E-state index >= 15 is 0 Å². The first kappa shape index (κ1) is 56.4. The van der Waals surface area contributed by atoms with Gasteiger partial charge in [0.15, 0.2) is 0 Å². The summed E-state index contributed by atoms with van der Waals surface area (Å²) in [6.07, 6.45) is 1.64. The number of aromatic nitrogens is 2. The number of nitrogens with one attached hydrogen (secondary N) is 3. The number of nitro groups is 2. The minimum Gasteiger partial charge on any atom is -0.459 e. The van der Waals surface area contributed by atoms with Crippen molar-refractivity contribution in [3.8, 4) is 0 Å². The van der Waals surface area contributed by atoms with Crippen molar-refractivity contribution >= 4 is 109 Å². The lowest BCUT2D eigenvalue weighted by atomic mass is 10.2. The first-order chi connectivity index (χ1) is 30.4. The summed E-state index contributed by atoms with van der Waals surface area (Å²) in [6.45, 7) is 3.40. The summed E-state index contributed by atoms with van der Waals surface area (Å²) in [5.41, 5.74) is 6.33. The van der Waals surface area contributed by atoms with Gasteiger partial charge < -0.3 is 46.0 Å². The maximum Gasteiger partial charge on any atom is 0.391 e. The number of rotatable bonds is 15. The largest absolute Gasteiger partial charge is 0.459 e. The van der Waals surface area contributed by atoms with Crippen molar-refractivity contribution in [1.29, 1.82) is 0 Å². The number of nitro benzene ring substituents is 2. The summed E-state index contributed by atoms with van der Waals surface area (Å²) >= 11 is 27.5. The van der Waals surface area contributed by atoms with Crippen molar-refractivity contribution in [3.05, 3.63) is 140 Å². The number of ether oxygens (including phenoxy) is 1. The standard InChI is InChI=1S/C11H11ClN2O3.C9H11ClN2O3.C9H13ClN2O.C6H3ClFNO2.C4H5ClO3/c12-7-3-1-4-8-9(7)13-10(16)11(17)14(8)5-2-6-15;10-7-3-1-4-8(9(7)12(14)15)11-5-2-6-13;10-7-3-1-4-8(9(7)11)12-5-2-6-13;7-4-2-1-3-5(8)6(4)9(10)11;1-2-8-4(7)3(5)6/h1,3-4,15H,2,5-6H2,(H,13,16);1,3-4,11,13H,2,5-6H2;1,3-4,12-13H,2,5-6,11H2;1-3H;2H2,1H3. The van der Waals surface area contributed by atoms with Gasteiger partial charge in [-0.1, -0.05) is 70.7 Å². The van der Waals surface area contributed by atoms with Crippen LogP contribution >= 0.6 is 58.0 Å². The molecule has 0 fully saturated rings. The molecular weight excluding hydrogens is 955 g/mol. The zero-order chi connectivity index (χ0) is 48.4. The van der Waals surface area contributed by atoms with Gasteiger partial charge in [0.2, 0.25) is 5.82 Å². The van der Waals surface area contributed by atoms with Gasteiger partial charge in [-0.2, -0.15) is 4.39 Å². The number of H-pyrrole nitrogens is 1. The van der Waals surface area contributed by atoms with E-state index in [1.165, 1.54) is 22.8 Å². The topological polar surface area (TPSA) is 295 Å². The molecule has 0 spiro atoms. The summed E-state index contributed by atoms with van der Waals surface area (Å²) < 4.78 is 18.1. The first-order valence-electron chi connectivity index (χ1n) is 18.5. The zero-order valence-electron chi connectivity index (χ0n) is 33.7. The molecule has 0 saturated heterocycles. The maximum absolute atomic E-state index is 12.6. The number of aryl methyl sites for hydroxylation is 1. The van der Waals surface area contributed by atoms with Gasteiger partial charge >= 0.3 is 33.7 Å². The summed E-state index contributed by atoms with van der Waals surface area (Å²) in [5.74, 6) is -1.91. The molecule has 4 aromatic carbocycles. The van der Waals surface area contributed by atoms with Gasteiger partial charge in [-0.05, 0) is 86.3 Å². The van der Waals surface area contributed by atoms with Crippen LogP contribution in [0.25, 0.3) is 11.0 Å². The van der Waals surface area contributed by atoms with E-state index in [1.807, 2.05) is 12.1 Å². The minimum atomic E-state index is -1.08. The molecule has 0 radical (unpaired) electrons. The summed E-state index contributed by atoms with van der Waals surface area (Å²) in [5, 5.41) is 52.5. The summed E-state index contributed by atoms with van der Waals surface area (Å²) in [4.78, 5) is 64.9. The molecule has 25 heteroatoms. The molecule has 1 heterocycles. The molecule has 0 saturated carbocycles. The molecule has 0 aliphatic carbocycles. The van der Waals surface area contributed by atoms with Crippen LogP contribution in [0.4, 0.5) is 32.8 Å². The Balaban J connectivity index is 0.000000408. The molecule has 64 heavy (non-hydrogen) atoms. The number of carbonyl (C=O) groups excluding carboxylic acids is 2. The van der Waals surface area contributed by atoms with E-state index in [0.29, 0.717) is 64.8 Å². The molecule has 0 unspecified atom stereocenters. The highest BCUT2D eigenvalue weighted by Gasteiger charge is 2.18. The maximum atomic E-state index is 12.6. The Labute approximate surface area is 388 Å². The third kappa shape index (κ3) is 19.0. The van der Waals surface area contributed by atoms with E-state index < -0.39 is 43.7 Å². The second kappa shape index (κ2) is 30.5. The number of anilines is 3. The van der Waals surface area contributed by atoms with Crippen LogP contribution in [0.1, 0.15) is 26.2 Å². The number of benzene rings is 4. The Kier molecular flexibility index (Phi) is 26.9. The predicted octanol–water partition coefficient (Wildman–Crippen LogP) is 7.19. The number of nitrogen functional groups attached to an aromatic ring is 1. The van der Waals surface area contributed by atoms with Crippen molar-refractivity contribution < 1.29 is 43.9 Å². The van der Waals surface area contributed by atoms with Gasteiger partial charge in [0.25, 0.3) is 0 Å². The second-order valence-electron chi connectivity index (χ2n) is 12.0. The van der Waals surface area contributed by atoms with Gasteiger partial charge in [-0.15, -0.1) is 0 Å². The normalized spacial score (nSPS) is 9.97. The van der Waals surface area contributed by atoms with E-state index in [9.17, 15) is 43.8 Å². The average Bonchev–Trinajstić information content (AvgIpc) is 3.24. The number of carbonyl (C=O) groups is 2. The SMILES string of the molecule is CCOC(=O)C(=O)Cl.Nc1c(Cl)cccc1NCCCO.O=[N+]([O-])c1c(Cl)cccc1NCCCO.O=[N+]([O-])c1c(F)cccc1Cl.O=c1[nH]c2c(Cl)cccc2n(CCCO)c1=O. The third-order valence-corrected chi connectivity index (χ3v) is 8.99. The van der Waals surface area contributed by atoms with Gasteiger partial charge in [-0.3, -0.25) is 34.6 Å².